The molecule has 0 spiro atoms. The van der Waals surface area contributed by atoms with Gasteiger partial charge in [0.2, 0.25) is 0 Å². The van der Waals surface area contributed by atoms with Gasteiger partial charge >= 0.3 is 5.69 Å². The summed E-state index contributed by atoms with van der Waals surface area (Å²) >= 11 is 0. The van der Waals surface area contributed by atoms with Crippen LogP contribution in [0.25, 0.3) is 11.0 Å². The molecular weight excluding hydrogens is 244 g/mol. The van der Waals surface area contributed by atoms with Gasteiger partial charge in [0.25, 0.3) is 0 Å². The van der Waals surface area contributed by atoms with E-state index in [1.165, 1.54) is 0 Å². The first-order chi connectivity index (χ1) is 9.19. The molecule has 19 heavy (non-hydrogen) atoms. The molecule has 0 unspecified atom stereocenters. The Bertz CT molecular complexity index is 613. The van der Waals surface area contributed by atoms with Gasteiger partial charge < -0.3 is 10.2 Å². The second kappa shape index (κ2) is 6.04. The predicted molar refractivity (Wildman–Crippen MR) is 74.3 cm³/mol. The number of nitrogens with zero attached hydrogens (tertiary/aromatic N) is 2. The van der Waals surface area contributed by atoms with E-state index in [1.54, 1.807) is 9.13 Å². The number of hydrogen-bond donors (Lipinski definition) is 2. The van der Waals surface area contributed by atoms with Crippen molar-refractivity contribution in [1.29, 1.82) is 0 Å². The fourth-order valence-corrected chi connectivity index (χ4v) is 2.32. The number of hydrogen-bond acceptors (Lipinski definition) is 3. The SMILES string of the molecule is Cc1ccc2c(c1)n(CCCO)c(=O)n2CCCO. The van der Waals surface area contributed by atoms with E-state index in [2.05, 4.69) is 0 Å². The number of aromatic nitrogens is 2. The summed E-state index contributed by atoms with van der Waals surface area (Å²) in [5, 5.41) is 17.9. The lowest BCUT2D eigenvalue weighted by atomic mass is 10.2. The Labute approximate surface area is 111 Å². The minimum absolute atomic E-state index is 0.0671. The van der Waals surface area contributed by atoms with Crippen molar-refractivity contribution in [2.24, 2.45) is 0 Å². The number of fused-ring (bicyclic) bond motifs is 1. The molecule has 1 aromatic carbocycles. The highest BCUT2D eigenvalue weighted by Gasteiger charge is 2.12. The second-order valence-corrected chi connectivity index (χ2v) is 4.73. The molecule has 5 heteroatoms. The molecule has 1 heterocycles. The first kappa shape index (κ1) is 13.8. The van der Waals surface area contributed by atoms with Crippen molar-refractivity contribution in [2.45, 2.75) is 32.9 Å². The first-order valence-electron chi connectivity index (χ1n) is 6.60. The van der Waals surface area contributed by atoms with E-state index in [0.29, 0.717) is 25.9 Å². The van der Waals surface area contributed by atoms with Crippen LogP contribution in [-0.2, 0) is 13.1 Å². The normalized spacial score (nSPS) is 11.3. The van der Waals surface area contributed by atoms with Gasteiger partial charge in [0.05, 0.1) is 11.0 Å². The average Bonchev–Trinajstić information content (AvgIpc) is 2.65. The molecule has 5 nitrogen and oxygen atoms in total. The maximum Gasteiger partial charge on any atom is 0.329 e. The Morgan fingerprint density at radius 2 is 1.58 bits per heavy atom. The number of benzene rings is 1. The van der Waals surface area contributed by atoms with Gasteiger partial charge in [-0.1, -0.05) is 6.07 Å². The third-order valence-electron chi connectivity index (χ3n) is 3.25. The molecule has 2 rings (SSSR count). The van der Waals surface area contributed by atoms with E-state index in [1.807, 2.05) is 25.1 Å². The van der Waals surface area contributed by atoms with Crippen LogP contribution in [0.1, 0.15) is 18.4 Å². The summed E-state index contributed by atoms with van der Waals surface area (Å²) in [5.74, 6) is 0. The van der Waals surface area contributed by atoms with Crippen molar-refractivity contribution in [1.82, 2.24) is 9.13 Å². The van der Waals surface area contributed by atoms with Gasteiger partial charge in [0.15, 0.2) is 0 Å². The van der Waals surface area contributed by atoms with Crippen LogP contribution in [0.15, 0.2) is 23.0 Å². The molecule has 0 aliphatic rings. The summed E-state index contributed by atoms with van der Waals surface area (Å²) in [6, 6.07) is 5.91. The molecule has 2 aromatic rings. The van der Waals surface area contributed by atoms with Crippen molar-refractivity contribution < 1.29 is 10.2 Å². The molecule has 0 atom stereocenters. The largest absolute Gasteiger partial charge is 0.396 e. The smallest absolute Gasteiger partial charge is 0.329 e. The lowest BCUT2D eigenvalue weighted by molar-refractivity contribution is 0.276. The van der Waals surface area contributed by atoms with Gasteiger partial charge in [-0.05, 0) is 37.5 Å². The quantitative estimate of drug-likeness (QED) is 0.813. The maximum absolute atomic E-state index is 12.4. The average molecular weight is 264 g/mol. The van der Waals surface area contributed by atoms with Gasteiger partial charge in [-0.2, -0.15) is 0 Å². The lowest BCUT2D eigenvalue weighted by Gasteiger charge is -2.01. The van der Waals surface area contributed by atoms with Crippen LogP contribution in [0.5, 0.6) is 0 Å². The summed E-state index contributed by atoms with van der Waals surface area (Å²) < 4.78 is 3.40. The van der Waals surface area contributed by atoms with E-state index in [4.69, 9.17) is 10.2 Å². The molecule has 2 N–H and O–H groups in total. The van der Waals surface area contributed by atoms with Gasteiger partial charge in [0, 0.05) is 26.3 Å². The van der Waals surface area contributed by atoms with Crippen LogP contribution >= 0.6 is 0 Å². The van der Waals surface area contributed by atoms with Crippen LogP contribution in [-0.4, -0.2) is 32.6 Å². The van der Waals surface area contributed by atoms with Crippen molar-refractivity contribution >= 4 is 11.0 Å². The van der Waals surface area contributed by atoms with Gasteiger partial charge in [0.1, 0.15) is 0 Å². The maximum atomic E-state index is 12.4. The highest BCUT2D eigenvalue weighted by Crippen LogP contribution is 2.16. The molecule has 0 aliphatic heterocycles. The summed E-state index contributed by atoms with van der Waals surface area (Å²) in [6.45, 7) is 3.16. The monoisotopic (exact) mass is 264 g/mol. The Morgan fingerprint density at radius 3 is 2.16 bits per heavy atom. The van der Waals surface area contributed by atoms with Crippen molar-refractivity contribution in [3.8, 4) is 0 Å². The van der Waals surface area contributed by atoms with Crippen molar-refractivity contribution in [3.63, 3.8) is 0 Å². The first-order valence-corrected chi connectivity index (χ1v) is 6.60. The Morgan fingerprint density at radius 1 is 1.00 bits per heavy atom. The molecule has 0 fully saturated rings. The van der Waals surface area contributed by atoms with Crippen molar-refractivity contribution in [2.75, 3.05) is 13.2 Å². The Balaban J connectivity index is 2.55. The molecule has 104 valence electrons. The zero-order valence-corrected chi connectivity index (χ0v) is 11.2. The van der Waals surface area contributed by atoms with E-state index in [9.17, 15) is 4.79 Å². The van der Waals surface area contributed by atoms with Crippen LogP contribution < -0.4 is 5.69 Å². The Hall–Kier alpha value is -1.59. The van der Waals surface area contributed by atoms with E-state index in [0.717, 1.165) is 16.6 Å². The lowest BCUT2D eigenvalue weighted by Crippen LogP contribution is -2.25. The summed E-state index contributed by atoms with van der Waals surface area (Å²) in [7, 11) is 0. The zero-order chi connectivity index (χ0) is 13.8. The molecule has 0 saturated heterocycles. The highest BCUT2D eigenvalue weighted by atomic mass is 16.3. The fraction of sp³-hybridized carbons (Fsp3) is 0.500. The Kier molecular flexibility index (Phi) is 4.39. The minimum atomic E-state index is -0.0671. The van der Waals surface area contributed by atoms with E-state index in [-0.39, 0.29) is 18.9 Å². The minimum Gasteiger partial charge on any atom is -0.396 e. The van der Waals surface area contributed by atoms with Crippen LogP contribution in [0.3, 0.4) is 0 Å². The van der Waals surface area contributed by atoms with Gasteiger partial charge in [-0.25, -0.2) is 4.79 Å². The third-order valence-corrected chi connectivity index (χ3v) is 3.25. The number of aryl methyl sites for hydroxylation is 3. The van der Waals surface area contributed by atoms with Crippen molar-refractivity contribution in [3.05, 3.63) is 34.2 Å². The topological polar surface area (TPSA) is 67.4 Å². The predicted octanol–water partition coefficient (Wildman–Crippen LogP) is 0.876. The molecule has 1 aromatic heterocycles. The van der Waals surface area contributed by atoms with E-state index < -0.39 is 0 Å². The third kappa shape index (κ3) is 2.72. The van der Waals surface area contributed by atoms with Gasteiger partial charge in [-0.3, -0.25) is 9.13 Å². The standard InChI is InChI=1S/C14H20N2O3/c1-11-4-5-12-13(10-11)16(7-3-9-18)14(19)15(12)6-2-8-17/h4-5,10,17-18H,2-3,6-9H2,1H3. The van der Waals surface area contributed by atoms with Gasteiger partial charge in [-0.15, -0.1) is 0 Å². The van der Waals surface area contributed by atoms with Crippen LogP contribution in [0.2, 0.25) is 0 Å². The summed E-state index contributed by atoms with van der Waals surface area (Å²) in [6.07, 6.45) is 1.12. The number of aliphatic hydroxyl groups excluding tert-OH is 2. The van der Waals surface area contributed by atoms with Crippen LogP contribution in [0, 0.1) is 6.92 Å². The number of aliphatic hydroxyl groups is 2. The molecule has 0 bridgehead atoms. The molecule has 0 saturated carbocycles. The fourth-order valence-electron chi connectivity index (χ4n) is 2.32. The van der Waals surface area contributed by atoms with Crippen LogP contribution in [0.4, 0.5) is 0 Å². The molecular formula is C14H20N2O3. The molecule has 0 amide bonds. The zero-order valence-electron chi connectivity index (χ0n) is 11.2. The highest BCUT2D eigenvalue weighted by molar-refractivity contribution is 5.77. The summed E-state index contributed by atoms with van der Waals surface area (Å²) in [5.41, 5.74) is 2.82. The van der Waals surface area contributed by atoms with E-state index >= 15 is 0 Å². The number of rotatable bonds is 6. The summed E-state index contributed by atoms with van der Waals surface area (Å²) in [4.78, 5) is 12.4. The molecule has 0 radical (unpaired) electrons. The number of imidazole rings is 1. The second-order valence-electron chi connectivity index (χ2n) is 4.73. The molecule has 0 aliphatic carbocycles.